The van der Waals surface area contributed by atoms with Crippen molar-refractivity contribution < 1.29 is 19.0 Å². The molecule has 2 aromatic carbocycles. The Kier molecular flexibility index (Phi) is 6.77. The number of hydrogen-bond acceptors (Lipinski definition) is 5. The van der Waals surface area contributed by atoms with Crippen LogP contribution in [0, 0.1) is 0 Å². The zero-order valence-corrected chi connectivity index (χ0v) is 17.6. The number of ether oxygens (including phenoxy) is 3. The van der Waals surface area contributed by atoms with Crippen LogP contribution in [0.2, 0.25) is 0 Å². The molecule has 6 heteroatoms. The number of nitrogens with one attached hydrogen (secondary N) is 1. The van der Waals surface area contributed by atoms with E-state index in [1.165, 1.54) is 0 Å². The third-order valence-corrected chi connectivity index (χ3v) is 5.08. The minimum atomic E-state index is -0.256. The first kappa shape index (κ1) is 21.1. The van der Waals surface area contributed by atoms with Gasteiger partial charge in [-0.15, -0.1) is 0 Å². The molecule has 0 spiro atoms. The summed E-state index contributed by atoms with van der Waals surface area (Å²) in [4.78, 5) is 15.0. The van der Waals surface area contributed by atoms with Crippen LogP contribution in [-0.2, 0) is 9.53 Å². The van der Waals surface area contributed by atoms with Gasteiger partial charge in [-0.1, -0.05) is 24.3 Å². The van der Waals surface area contributed by atoms with E-state index in [4.69, 9.17) is 14.2 Å². The highest BCUT2D eigenvalue weighted by Gasteiger charge is 2.28. The summed E-state index contributed by atoms with van der Waals surface area (Å²) in [6.45, 7) is 6.57. The van der Waals surface area contributed by atoms with E-state index in [0.717, 1.165) is 35.7 Å². The van der Waals surface area contributed by atoms with Gasteiger partial charge in [-0.25, -0.2) is 0 Å². The first-order valence-corrected chi connectivity index (χ1v) is 9.84. The molecule has 3 rings (SSSR count). The van der Waals surface area contributed by atoms with Crippen LogP contribution in [0.5, 0.6) is 11.5 Å². The van der Waals surface area contributed by atoms with Gasteiger partial charge in [0.2, 0.25) is 5.91 Å². The van der Waals surface area contributed by atoms with Gasteiger partial charge >= 0.3 is 0 Å². The zero-order chi connectivity index (χ0) is 20.9. The molecular formula is C23H30N2O4. The molecule has 0 radical (unpaired) electrons. The average molecular weight is 399 g/mol. The Morgan fingerprint density at radius 3 is 2.00 bits per heavy atom. The highest BCUT2D eigenvalue weighted by atomic mass is 16.5. The Hall–Kier alpha value is -2.57. The third kappa shape index (κ3) is 5.71. The largest absolute Gasteiger partial charge is 0.497 e. The van der Waals surface area contributed by atoms with Crippen molar-refractivity contribution in [3.63, 3.8) is 0 Å². The van der Waals surface area contributed by atoms with Crippen LogP contribution < -0.4 is 14.8 Å². The standard InChI is InChI=1S/C23H30N2O4/c1-23(2)16-25(13-14-29-23)15-21(26)24-22(17-5-9-19(27-3)10-6-17)18-7-11-20(28-4)12-8-18/h5-12,22H,13-16H2,1-4H3,(H,24,26). The van der Waals surface area contributed by atoms with Crippen molar-refractivity contribution in [2.45, 2.75) is 25.5 Å². The smallest absolute Gasteiger partial charge is 0.234 e. The van der Waals surface area contributed by atoms with E-state index in [2.05, 4.69) is 24.1 Å². The van der Waals surface area contributed by atoms with Crippen LogP contribution >= 0.6 is 0 Å². The molecule has 1 aliphatic rings. The number of nitrogens with zero attached hydrogens (tertiary/aromatic N) is 1. The highest BCUT2D eigenvalue weighted by molar-refractivity contribution is 5.79. The topological polar surface area (TPSA) is 60.0 Å². The summed E-state index contributed by atoms with van der Waals surface area (Å²) in [5.41, 5.74) is 1.75. The molecular weight excluding hydrogens is 368 g/mol. The van der Waals surface area contributed by atoms with E-state index in [9.17, 15) is 4.79 Å². The summed E-state index contributed by atoms with van der Waals surface area (Å²) in [6.07, 6.45) is 0. The molecule has 1 N–H and O–H groups in total. The predicted molar refractivity (Wildman–Crippen MR) is 112 cm³/mol. The number of rotatable bonds is 7. The van der Waals surface area contributed by atoms with E-state index in [0.29, 0.717) is 13.2 Å². The van der Waals surface area contributed by atoms with Gasteiger partial charge in [0.05, 0.1) is 39.0 Å². The molecule has 156 valence electrons. The molecule has 6 nitrogen and oxygen atoms in total. The molecule has 2 aromatic rings. The number of benzene rings is 2. The van der Waals surface area contributed by atoms with Crippen molar-refractivity contribution in [2.24, 2.45) is 0 Å². The molecule has 0 unspecified atom stereocenters. The molecule has 0 aliphatic carbocycles. The van der Waals surface area contributed by atoms with Crippen LogP contribution in [0.3, 0.4) is 0 Å². The van der Waals surface area contributed by atoms with Gasteiger partial charge < -0.3 is 19.5 Å². The monoisotopic (exact) mass is 398 g/mol. The van der Waals surface area contributed by atoms with Gasteiger partial charge in [-0.3, -0.25) is 9.69 Å². The Morgan fingerprint density at radius 2 is 1.55 bits per heavy atom. The van der Waals surface area contributed by atoms with Crippen LogP contribution in [0.25, 0.3) is 0 Å². The Balaban J connectivity index is 1.77. The number of morpholine rings is 1. The van der Waals surface area contributed by atoms with E-state index < -0.39 is 0 Å². The lowest BCUT2D eigenvalue weighted by Gasteiger charge is -2.38. The predicted octanol–water partition coefficient (Wildman–Crippen LogP) is 3.02. The fourth-order valence-corrected chi connectivity index (χ4v) is 3.61. The summed E-state index contributed by atoms with van der Waals surface area (Å²) >= 11 is 0. The van der Waals surface area contributed by atoms with Crippen molar-refractivity contribution in [3.05, 3.63) is 59.7 Å². The molecule has 0 saturated carbocycles. The number of amides is 1. The minimum absolute atomic E-state index is 0.0145. The molecule has 29 heavy (non-hydrogen) atoms. The van der Waals surface area contributed by atoms with Crippen molar-refractivity contribution in [2.75, 3.05) is 40.5 Å². The molecule has 1 heterocycles. The van der Waals surface area contributed by atoms with E-state index in [1.807, 2.05) is 48.5 Å². The Labute approximate surface area is 172 Å². The van der Waals surface area contributed by atoms with Crippen LogP contribution in [0.1, 0.15) is 31.0 Å². The van der Waals surface area contributed by atoms with Gasteiger partial charge in [0.1, 0.15) is 11.5 Å². The van der Waals surface area contributed by atoms with Gasteiger partial charge in [0, 0.05) is 13.1 Å². The Morgan fingerprint density at radius 1 is 1.03 bits per heavy atom. The summed E-state index contributed by atoms with van der Waals surface area (Å²) < 4.78 is 16.3. The van der Waals surface area contributed by atoms with Crippen LogP contribution in [0.15, 0.2) is 48.5 Å². The fourth-order valence-electron chi connectivity index (χ4n) is 3.61. The first-order valence-electron chi connectivity index (χ1n) is 9.84. The second-order valence-corrected chi connectivity index (χ2v) is 7.87. The summed E-state index contributed by atoms with van der Waals surface area (Å²) in [6, 6.07) is 15.3. The first-order chi connectivity index (χ1) is 13.9. The maximum absolute atomic E-state index is 12.9. The maximum atomic E-state index is 12.9. The summed E-state index contributed by atoms with van der Waals surface area (Å²) in [7, 11) is 3.28. The SMILES string of the molecule is COc1ccc(C(NC(=O)CN2CCOC(C)(C)C2)c2ccc(OC)cc2)cc1. The normalized spacial score (nSPS) is 16.4. The van der Waals surface area contributed by atoms with Crippen molar-refractivity contribution in [3.8, 4) is 11.5 Å². The lowest BCUT2D eigenvalue weighted by molar-refractivity contribution is -0.127. The number of methoxy groups -OCH3 is 2. The van der Waals surface area contributed by atoms with Crippen LogP contribution in [0.4, 0.5) is 0 Å². The molecule has 0 atom stereocenters. The van der Waals surface area contributed by atoms with Gasteiger partial charge in [0.15, 0.2) is 0 Å². The fraction of sp³-hybridized carbons (Fsp3) is 0.435. The molecule has 1 fully saturated rings. The molecule has 1 saturated heterocycles. The van der Waals surface area contributed by atoms with E-state index in [-0.39, 0.29) is 17.6 Å². The number of carbonyl (C=O) groups excluding carboxylic acids is 1. The number of hydrogen-bond donors (Lipinski definition) is 1. The molecule has 0 bridgehead atoms. The quantitative estimate of drug-likeness (QED) is 0.777. The summed E-state index contributed by atoms with van der Waals surface area (Å²) in [5, 5.41) is 3.20. The maximum Gasteiger partial charge on any atom is 0.234 e. The summed E-state index contributed by atoms with van der Waals surface area (Å²) in [5.74, 6) is 1.55. The van der Waals surface area contributed by atoms with Crippen molar-refractivity contribution in [1.29, 1.82) is 0 Å². The van der Waals surface area contributed by atoms with Crippen LogP contribution in [-0.4, -0.2) is 56.9 Å². The third-order valence-electron chi connectivity index (χ3n) is 5.08. The second-order valence-electron chi connectivity index (χ2n) is 7.87. The Bertz CT molecular complexity index is 755. The second kappa shape index (κ2) is 9.29. The van der Waals surface area contributed by atoms with Gasteiger partial charge in [-0.05, 0) is 49.2 Å². The lowest BCUT2D eigenvalue weighted by atomic mass is 9.98. The van der Waals surface area contributed by atoms with Gasteiger partial charge in [-0.2, -0.15) is 0 Å². The molecule has 0 aromatic heterocycles. The number of carbonyl (C=O) groups is 1. The minimum Gasteiger partial charge on any atom is -0.497 e. The van der Waals surface area contributed by atoms with Crippen molar-refractivity contribution in [1.82, 2.24) is 10.2 Å². The van der Waals surface area contributed by atoms with E-state index >= 15 is 0 Å². The molecule has 1 amide bonds. The van der Waals surface area contributed by atoms with E-state index in [1.54, 1.807) is 14.2 Å². The van der Waals surface area contributed by atoms with Crippen molar-refractivity contribution >= 4 is 5.91 Å². The zero-order valence-electron chi connectivity index (χ0n) is 17.6. The molecule has 1 aliphatic heterocycles. The average Bonchev–Trinajstić information content (AvgIpc) is 2.71. The highest BCUT2D eigenvalue weighted by Crippen LogP contribution is 2.26. The lowest BCUT2D eigenvalue weighted by Crippen LogP contribution is -2.51. The van der Waals surface area contributed by atoms with Gasteiger partial charge in [0.25, 0.3) is 0 Å².